The minimum Gasteiger partial charge on any atom is -0.394 e. The van der Waals surface area contributed by atoms with E-state index in [0.29, 0.717) is 32.6 Å². The first-order valence-corrected chi connectivity index (χ1v) is 14.1. The van der Waals surface area contributed by atoms with Crippen LogP contribution in [0.15, 0.2) is 55.6 Å². The normalized spacial score (nSPS) is 31.6. The Kier molecular flexibility index (Phi) is 8.38. The second kappa shape index (κ2) is 11.3. The topological polar surface area (TPSA) is 90.4 Å². The third-order valence-corrected chi connectivity index (χ3v) is 9.02. The highest BCUT2D eigenvalue weighted by Crippen LogP contribution is 2.65. The van der Waals surface area contributed by atoms with Gasteiger partial charge >= 0.3 is 0 Å². The fourth-order valence-electron chi connectivity index (χ4n) is 7.17. The Bertz CT molecular complexity index is 1110. The van der Waals surface area contributed by atoms with Crippen LogP contribution >= 0.6 is 0 Å². The van der Waals surface area contributed by atoms with Gasteiger partial charge in [0.1, 0.15) is 11.6 Å². The molecule has 7 atom stereocenters. The quantitative estimate of drug-likeness (QED) is 0.414. The lowest BCUT2D eigenvalue weighted by Gasteiger charge is -2.39. The SMILES string of the molecule is C=CCN(Cc1ccccc1)C(=O)C1N([C@H](C)CO)C(=O)[C@@H]2[C@@H](C(=O)N(CC=C)CCC)[C@]3(C)OC12CC3C. The van der Waals surface area contributed by atoms with Crippen LogP contribution in [0.1, 0.15) is 46.1 Å². The summed E-state index contributed by atoms with van der Waals surface area (Å²) in [6.07, 6.45) is 4.63. The van der Waals surface area contributed by atoms with E-state index in [4.69, 9.17) is 4.74 Å². The highest BCUT2D eigenvalue weighted by molar-refractivity contribution is 5.99. The van der Waals surface area contributed by atoms with Crippen molar-refractivity contribution in [1.29, 1.82) is 0 Å². The summed E-state index contributed by atoms with van der Waals surface area (Å²) in [5.74, 6) is -2.27. The number of benzene rings is 1. The number of nitrogens with zero attached hydrogens (tertiary/aromatic N) is 3. The molecule has 0 aliphatic carbocycles. The molecule has 3 unspecified atom stereocenters. The average Bonchev–Trinajstić information content (AvgIpc) is 3.44. The minimum atomic E-state index is -1.16. The van der Waals surface area contributed by atoms with Crippen LogP contribution in [0.4, 0.5) is 0 Å². The summed E-state index contributed by atoms with van der Waals surface area (Å²) in [7, 11) is 0. The maximum absolute atomic E-state index is 14.5. The van der Waals surface area contributed by atoms with Gasteiger partial charge in [-0.15, -0.1) is 13.2 Å². The van der Waals surface area contributed by atoms with Crippen LogP contribution in [0, 0.1) is 17.8 Å². The van der Waals surface area contributed by atoms with Gasteiger partial charge < -0.3 is 24.5 Å². The first-order chi connectivity index (χ1) is 18.6. The van der Waals surface area contributed by atoms with Crippen molar-refractivity contribution in [3.63, 3.8) is 0 Å². The molecule has 0 saturated carbocycles. The second-order valence-corrected chi connectivity index (χ2v) is 11.5. The van der Waals surface area contributed by atoms with Crippen molar-refractivity contribution in [2.45, 2.75) is 70.4 Å². The van der Waals surface area contributed by atoms with Crippen LogP contribution in [0.2, 0.25) is 0 Å². The molecular formula is C31H43N3O5. The maximum Gasteiger partial charge on any atom is 0.249 e. The maximum atomic E-state index is 14.5. The van der Waals surface area contributed by atoms with Gasteiger partial charge in [-0.3, -0.25) is 14.4 Å². The molecular weight excluding hydrogens is 494 g/mol. The highest BCUT2D eigenvalue weighted by atomic mass is 16.5. The van der Waals surface area contributed by atoms with Crippen molar-refractivity contribution >= 4 is 17.7 Å². The Morgan fingerprint density at radius 2 is 1.82 bits per heavy atom. The lowest BCUT2D eigenvalue weighted by atomic mass is 9.62. The number of aliphatic hydroxyl groups excluding tert-OH is 1. The molecule has 3 amide bonds. The monoisotopic (exact) mass is 537 g/mol. The summed E-state index contributed by atoms with van der Waals surface area (Å²) in [5.41, 5.74) is -1.09. The summed E-state index contributed by atoms with van der Waals surface area (Å²) in [4.78, 5) is 47.8. The highest BCUT2D eigenvalue weighted by Gasteiger charge is 2.80. The van der Waals surface area contributed by atoms with Crippen molar-refractivity contribution in [3.8, 4) is 0 Å². The lowest BCUT2D eigenvalue weighted by Crippen LogP contribution is -2.58. The first-order valence-electron chi connectivity index (χ1n) is 14.1. The number of ether oxygens (including phenoxy) is 1. The standard InChI is InChI=1S/C31H43N3O5/c1-7-15-32(16-8-2)27(36)24-25-28(37)34(22(5)20-35)26(31(25)18-21(4)30(24,6)39-31)29(38)33(17-9-3)19-23-13-11-10-12-14-23/h7,9-14,21-22,24-26,35H,1,3,8,15-20H2,2,4-6H3/t21?,22-,24+,25+,26?,30-,31?/m1/s1. The average molecular weight is 538 g/mol. The Labute approximate surface area is 232 Å². The molecule has 4 rings (SSSR count). The van der Waals surface area contributed by atoms with Crippen molar-refractivity contribution < 1.29 is 24.2 Å². The number of aliphatic hydroxyl groups is 1. The van der Waals surface area contributed by atoms with Crippen molar-refractivity contribution in [1.82, 2.24) is 14.7 Å². The molecule has 0 aromatic heterocycles. The molecule has 3 fully saturated rings. The predicted molar refractivity (Wildman–Crippen MR) is 149 cm³/mol. The van der Waals surface area contributed by atoms with Gasteiger partial charge in [-0.25, -0.2) is 0 Å². The van der Waals surface area contributed by atoms with Gasteiger partial charge in [-0.2, -0.15) is 0 Å². The van der Waals surface area contributed by atoms with Gasteiger partial charge in [0.2, 0.25) is 17.7 Å². The Morgan fingerprint density at radius 1 is 1.18 bits per heavy atom. The van der Waals surface area contributed by atoms with Crippen molar-refractivity contribution in [3.05, 3.63) is 61.2 Å². The van der Waals surface area contributed by atoms with Crippen LogP contribution in [-0.4, -0.2) is 87.1 Å². The van der Waals surface area contributed by atoms with E-state index < -0.39 is 35.1 Å². The second-order valence-electron chi connectivity index (χ2n) is 11.5. The van der Waals surface area contributed by atoms with Crippen LogP contribution in [0.5, 0.6) is 0 Å². The van der Waals surface area contributed by atoms with Crippen LogP contribution in [0.3, 0.4) is 0 Å². The van der Waals surface area contributed by atoms with Crippen molar-refractivity contribution in [2.24, 2.45) is 17.8 Å². The molecule has 1 aromatic carbocycles. The molecule has 3 aliphatic rings. The van der Waals surface area contributed by atoms with E-state index in [1.165, 1.54) is 4.90 Å². The molecule has 1 N–H and O–H groups in total. The van der Waals surface area contributed by atoms with Gasteiger partial charge in [0.15, 0.2) is 0 Å². The molecule has 1 aromatic rings. The van der Waals surface area contributed by atoms with Gasteiger partial charge in [0, 0.05) is 26.2 Å². The Hall–Kier alpha value is -2.97. The zero-order valence-electron chi connectivity index (χ0n) is 23.7. The van der Waals surface area contributed by atoms with Gasteiger partial charge in [0.05, 0.1) is 30.1 Å². The fourth-order valence-corrected chi connectivity index (χ4v) is 7.17. The minimum absolute atomic E-state index is 0.0515. The fraction of sp³-hybridized carbons (Fsp3) is 0.581. The lowest BCUT2D eigenvalue weighted by molar-refractivity contribution is -0.157. The third-order valence-electron chi connectivity index (χ3n) is 9.02. The number of hydrogen-bond donors (Lipinski definition) is 1. The Balaban J connectivity index is 1.80. The molecule has 8 nitrogen and oxygen atoms in total. The zero-order chi connectivity index (χ0) is 28.5. The molecule has 3 aliphatic heterocycles. The molecule has 3 heterocycles. The predicted octanol–water partition coefficient (Wildman–Crippen LogP) is 3.02. The van der Waals surface area contributed by atoms with Gasteiger partial charge in [0.25, 0.3) is 0 Å². The van der Waals surface area contributed by atoms with Crippen LogP contribution < -0.4 is 0 Å². The van der Waals surface area contributed by atoms with E-state index in [9.17, 15) is 19.5 Å². The molecule has 0 radical (unpaired) electrons. The van der Waals surface area contributed by atoms with Gasteiger partial charge in [-0.1, -0.05) is 56.3 Å². The summed E-state index contributed by atoms with van der Waals surface area (Å²) in [5, 5.41) is 10.2. The van der Waals surface area contributed by atoms with E-state index in [2.05, 4.69) is 13.2 Å². The molecule has 3 saturated heterocycles. The van der Waals surface area contributed by atoms with Crippen molar-refractivity contribution in [2.75, 3.05) is 26.2 Å². The van der Waals surface area contributed by atoms with E-state index >= 15 is 0 Å². The number of fused-ring (bicyclic) bond motifs is 1. The van der Waals surface area contributed by atoms with Crippen LogP contribution in [0.25, 0.3) is 0 Å². The van der Waals surface area contributed by atoms with E-state index in [1.807, 2.05) is 51.1 Å². The summed E-state index contributed by atoms with van der Waals surface area (Å²) in [6, 6.07) is 8.10. The van der Waals surface area contributed by atoms with Gasteiger partial charge in [-0.05, 0) is 38.2 Å². The van der Waals surface area contributed by atoms with E-state index in [-0.39, 0.29) is 30.2 Å². The van der Waals surface area contributed by atoms with Crippen LogP contribution in [-0.2, 0) is 25.7 Å². The molecule has 1 spiro atoms. The first kappa shape index (κ1) is 29.0. The number of likely N-dealkylation sites (tertiary alicyclic amines) is 1. The molecule has 8 heteroatoms. The number of carbonyl (C=O) groups is 3. The van der Waals surface area contributed by atoms with E-state index in [1.54, 1.807) is 28.9 Å². The molecule has 212 valence electrons. The number of rotatable bonds is 12. The van der Waals surface area contributed by atoms with E-state index in [0.717, 1.165) is 12.0 Å². The Morgan fingerprint density at radius 3 is 2.41 bits per heavy atom. The summed E-state index contributed by atoms with van der Waals surface area (Å²) in [6.45, 7) is 16.6. The number of hydrogen-bond acceptors (Lipinski definition) is 5. The molecule has 39 heavy (non-hydrogen) atoms. The summed E-state index contributed by atoms with van der Waals surface area (Å²) < 4.78 is 6.84. The molecule has 2 bridgehead atoms. The smallest absolute Gasteiger partial charge is 0.249 e. The third kappa shape index (κ3) is 4.61. The number of amides is 3. The largest absolute Gasteiger partial charge is 0.394 e. The number of carbonyl (C=O) groups excluding carboxylic acids is 3. The zero-order valence-corrected chi connectivity index (χ0v) is 23.7. The summed E-state index contributed by atoms with van der Waals surface area (Å²) >= 11 is 0.